The molecule has 1 fully saturated rings. The van der Waals surface area contributed by atoms with E-state index in [0.29, 0.717) is 0 Å². The van der Waals surface area contributed by atoms with Crippen molar-refractivity contribution in [1.29, 1.82) is 0 Å². The molecular weight excluding hydrogens is 138 g/mol. The van der Waals surface area contributed by atoms with Gasteiger partial charge in [0.25, 0.3) is 0 Å². The molecule has 0 saturated heterocycles. The van der Waals surface area contributed by atoms with E-state index in [1.165, 1.54) is 6.42 Å². The molecule has 2 nitrogen and oxygen atoms in total. The maximum Gasteiger partial charge on any atom is 0.235 e. The molecule has 0 radical (unpaired) electrons. The molecule has 0 aliphatic heterocycles. The van der Waals surface area contributed by atoms with Gasteiger partial charge in [0.1, 0.15) is 0 Å². The van der Waals surface area contributed by atoms with Crippen LogP contribution in [0.1, 0.15) is 40.0 Å². The van der Waals surface area contributed by atoms with Gasteiger partial charge in [-0.15, -0.1) is 0 Å². The molecule has 1 aliphatic carbocycles. The Morgan fingerprint density at radius 1 is 1.27 bits per heavy atom. The normalized spacial score (nSPS) is 34.8. The van der Waals surface area contributed by atoms with Crippen LogP contribution in [0.2, 0.25) is 0 Å². The average molecular weight is 153 g/mol. The quantitative estimate of drug-likeness (QED) is 0.420. The first-order valence-corrected chi connectivity index (χ1v) is 4.11. The third-order valence-electron chi connectivity index (χ3n) is 3.22. The van der Waals surface area contributed by atoms with Crippen molar-refractivity contribution in [2.75, 3.05) is 0 Å². The van der Waals surface area contributed by atoms with Crippen LogP contribution in [0, 0.1) is 5.41 Å². The lowest BCUT2D eigenvalue weighted by molar-refractivity contribution is 0.232. The third kappa shape index (κ3) is 1.23. The predicted molar refractivity (Wildman–Crippen MR) is 44.2 cm³/mol. The number of nitrogens with zero attached hydrogens (tertiary/aromatic N) is 1. The van der Waals surface area contributed by atoms with Crippen LogP contribution >= 0.6 is 0 Å². The summed E-state index contributed by atoms with van der Waals surface area (Å²) in [5, 5.41) is 0. The monoisotopic (exact) mass is 153 g/mol. The first kappa shape index (κ1) is 8.48. The number of aliphatic imine (C=N–C) groups is 1. The van der Waals surface area contributed by atoms with Crippen molar-refractivity contribution in [1.82, 2.24) is 0 Å². The lowest BCUT2D eigenvalue weighted by Crippen LogP contribution is -2.34. The number of hydrogen-bond acceptors (Lipinski definition) is 2. The summed E-state index contributed by atoms with van der Waals surface area (Å²) in [7, 11) is 0. The Kier molecular flexibility index (Phi) is 1.89. The van der Waals surface area contributed by atoms with Gasteiger partial charge in [-0.1, -0.05) is 20.3 Å². The fourth-order valence-electron chi connectivity index (χ4n) is 1.79. The molecular formula is C9H15NO. The van der Waals surface area contributed by atoms with E-state index in [9.17, 15) is 4.79 Å². The Labute approximate surface area is 67.7 Å². The minimum atomic E-state index is -0.158. The molecule has 11 heavy (non-hydrogen) atoms. The molecule has 0 aromatic carbocycles. The maximum atomic E-state index is 10.2. The van der Waals surface area contributed by atoms with Gasteiger partial charge in [-0.2, -0.15) is 4.99 Å². The van der Waals surface area contributed by atoms with Crippen LogP contribution in [0.15, 0.2) is 4.99 Å². The van der Waals surface area contributed by atoms with Gasteiger partial charge in [0.2, 0.25) is 6.08 Å². The largest absolute Gasteiger partial charge is 0.235 e. The lowest BCUT2D eigenvalue weighted by Gasteiger charge is -2.32. The van der Waals surface area contributed by atoms with Gasteiger partial charge in [0.05, 0.1) is 5.54 Å². The van der Waals surface area contributed by atoms with Crippen molar-refractivity contribution in [2.24, 2.45) is 10.4 Å². The van der Waals surface area contributed by atoms with Gasteiger partial charge in [-0.3, -0.25) is 0 Å². The highest BCUT2D eigenvalue weighted by Crippen LogP contribution is 2.47. The van der Waals surface area contributed by atoms with E-state index in [1.807, 2.05) is 6.92 Å². The Morgan fingerprint density at radius 3 is 2.27 bits per heavy atom. The predicted octanol–water partition coefficient (Wildman–Crippen LogP) is 2.29. The molecule has 0 bridgehead atoms. The number of isocyanates is 1. The third-order valence-corrected chi connectivity index (χ3v) is 3.22. The minimum Gasteiger partial charge on any atom is -0.211 e. The zero-order valence-corrected chi connectivity index (χ0v) is 7.48. The van der Waals surface area contributed by atoms with Gasteiger partial charge in [-0.05, 0) is 25.2 Å². The van der Waals surface area contributed by atoms with Crippen molar-refractivity contribution in [3.8, 4) is 0 Å². The molecule has 0 amide bonds. The zero-order chi connectivity index (χ0) is 8.54. The fourth-order valence-corrected chi connectivity index (χ4v) is 1.79. The Bertz CT molecular complexity index is 204. The second-order valence-electron chi connectivity index (χ2n) is 4.21. The highest BCUT2D eigenvalue weighted by Gasteiger charge is 2.45. The minimum absolute atomic E-state index is 0.158. The number of hydrogen-bond donors (Lipinski definition) is 0. The second kappa shape index (κ2) is 2.46. The maximum absolute atomic E-state index is 10.2. The first-order chi connectivity index (χ1) is 5.02. The molecule has 0 aromatic rings. The highest BCUT2D eigenvalue weighted by molar-refractivity contribution is 5.35. The zero-order valence-electron chi connectivity index (χ0n) is 7.48. The van der Waals surface area contributed by atoms with Crippen LogP contribution in [0.4, 0.5) is 0 Å². The SMILES string of the molecule is CC1(C)CCCC1(C)N=C=O. The molecule has 1 rings (SSSR count). The summed E-state index contributed by atoms with van der Waals surface area (Å²) in [6.07, 6.45) is 5.04. The standard InChI is InChI=1S/C9H15NO/c1-8(2)5-4-6-9(8,3)10-7-11/h4-6H2,1-3H3. The van der Waals surface area contributed by atoms with Gasteiger partial charge < -0.3 is 0 Å². The van der Waals surface area contributed by atoms with Gasteiger partial charge >= 0.3 is 0 Å². The molecule has 62 valence electrons. The van der Waals surface area contributed by atoms with Crippen LogP contribution in [-0.4, -0.2) is 11.6 Å². The van der Waals surface area contributed by atoms with Crippen molar-refractivity contribution in [3.63, 3.8) is 0 Å². The van der Waals surface area contributed by atoms with Crippen molar-refractivity contribution >= 4 is 6.08 Å². The van der Waals surface area contributed by atoms with Crippen molar-refractivity contribution < 1.29 is 4.79 Å². The van der Waals surface area contributed by atoms with E-state index in [-0.39, 0.29) is 11.0 Å². The molecule has 1 atom stereocenters. The van der Waals surface area contributed by atoms with E-state index in [2.05, 4.69) is 18.8 Å². The lowest BCUT2D eigenvalue weighted by atomic mass is 9.77. The van der Waals surface area contributed by atoms with Crippen molar-refractivity contribution in [3.05, 3.63) is 0 Å². The van der Waals surface area contributed by atoms with Crippen LogP contribution in [0.25, 0.3) is 0 Å². The number of carbonyl (C=O) groups excluding carboxylic acids is 1. The molecule has 0 N–H and O–H groups in total. The second-order valence-corrected chi connectivity index (χ2v) is 4.21. The summed E-state index contributed by atoms with van der Waals surface area (Å²) in [5.74, 6) is 0. The number of rotatable bonds is 1. The molecule has 0 heterocycles. The van der Waals surface area contributed by atoms with E-state index >= 15 is 0 Å². The fraction of sp³-hybridized carbons (Fsp3) is 0.889. The van der Waals surface area contributed by atoms with Gasteiger partial charge in [0.15, 0.2) is 0 Å². The summed E-state index contributed by atoms with van der Waals surface area (Å²) >= 11 is 0. The summed E-state index contributed by atoms with van der Waals surface area (Å²) in [6, 6.07) is 0. The van der Waals surface area contributed by atoms with Crippen LogP contribution < -0.4 is 0 Å². The van der Waals surface area contributed by atoms with Gasteiger partial charge in [-0.25, -0.2) is 4.79 Å². The van der Waals surface area contributed by atoms with E-state index in [4.69, 9.17) is 0 Å². The van der Waals surface area contributed by atoms with E-state index in [1.54, 1.807) is 6.08 Å². The smallest absolute Gasteiger partial charge is 0.211 e. The summed E-state index contributed by atoms with van der Waals surface area (Å²) in [4.78, 5) is 14.1. The first-order valence-electron chi connectivity index (χ1n) is 4.11. The molecule has 0 spiro atoms. The van der Waals surface area contributed by atoms with Crippen molar-refractivity contribution in [2.45, 2.75) is 45.6 Å². The summed E-state index contributed by atoms with van der Waals surface area (Å²) in [5.41, 5.74) is 0.0131. The van der Waals surface area contributed by atoms with Crippen LogP contribution in [0.5, 0.6) is 0 Å². The molecule has 1 saturated carbocycles. The van der Waals surface area contributed by atoms with Crippen LogP contribution in [0.3, 0.4) is 0 Å². The van der Waals surface area contributed by atoms with Crippen LogP contribution in [-0.2, 0) is 4.79 Å². The molecule has 0 aromatic heterocycles. The average Bonchev–Trinajstić information content (AvgIpc) is 2.09. The van der Waals surface area contributed by atoms with E-state index in [0.717, 1.165) is 12.8 Å². The molecule has 2 heteroatoms. The Balaban J connectivity index is 2.93. The summed E-state index contributed by atoms with van der Waals surface area (Å²) < 4.78 is 0. The Hall–Kier alpha value is -0.620. The van der Waals surface area contributed by atoms with Gasteiger partial charge in [0, 0.05) is 0 Å². The molecule has 1 unspecified atom stereocenters. The van der Waals surface area contributed by atoms with E-state index < -0.39 is 0 Å². The molecule has 1 aliphatic rings. The Morgan fingerprint density at radius 2 is 1.91 bits per heavy atom. The topological polar surface area (TPSA) is 29.4 Å². The summed E-state index contributed by atoms with van der Waals surface area (Å²) in [6.45, 7) is 6.38. The highest BCUT2D eigenvalue weighted by atomic mass is 16.1.